The van der Waals surface area contributed by atoms with E-state index < -0.39 is 0 Å². The molecular weight excluding hydrogens is 214 g/mol. The van der Waals surface area contributed by atoms with Gasteiger partial charge in [-0.25, -0.2) is 9.97 Å². The third-order valence-corrected chi connectivity index (χ3v) is 2.81. The van der Waals surface area contributed by atoms with Gasteiger partial charge in [-0.05, 0) is 18.8 Å². The zero-order chi connectivity index (χ0) is 10.5. The number of ether oxygens (including phenoxy) is 1. The number of anilines is 1. The highest BCUT2D eigenvalue weighted by molar-refractivity contribution is 6.32. The van der Waals surface area contributed by atoms with Gasteiger partial charge in [0.2, 0.25) is 0 Å². The normalized spacial score (nSPS) is 20.5. The first kappa shape index (κ1) is 10.6. The molecule has 0 radical (unpaired) electrons. The van der Waals surface area contributed by atoms with Gasteiger partial charge in [0.1, 0.15) is 17.2 Å². The van der Waals surface area contributed by atoms with Gasteiger partial charge >= 0.3 is 0 Å². The predicted octanol–water partition coefficient (Wildman–Crippen LogP) is 1.97. The van der Waals surface area contributed by atoms with Crippen LogP contribution in [0, 0.1) is 5.92 Å². The zero-order valence-corrected chi connectivity index (χ0v) is 9.20. The summed E-state index contributed by atoms with van der Waals surface area (Å²) in [7, 11) is 0. The van der Waals surface area contributed by atoms with Crippen molar-refractivity contribution >= 4 is 17.4 Å². The maximum atomic E-state index is 5.91. The first-order chi connectivity index (χ1) is 7.36. The minimum absolute atomic E-state index is 0.570. The van der Waals surface area contributed by atoms with Gasteiger partial charge < -0.3 is 10.1 Å². The number of hydrogen-bond acceptors (Lipinski definition) is 4. The van der Waals surface area contributed by atoms with E-state index in [9.17, 15) is 0 Å². The van der Waals surface area contributed by atoms with E-state index in [1.54, 1.807) is 6.20 Å². The van der Waals surface area contributed by atoms with E-state index in [1.807, 2.05) is 0 Å². The molecule has 0 aromatic carbocycles. The third kappa shape index (κ3) is 3.04. The van der Waals surface area contributed by atoms with Crippen molar-refractivity contribution in [3.8, 4) is 0 Å². The molecule has 0 bridgehead atoms. The second-order valence-electron chi connectivity index (χ2n) is 3.66. The zero-order valence-electron chi connectivity index (χ0n) is 8.45. The van der Waals surface area contributed by atoms with Crippen molar-refractivity contribution in [3.05, 3.63) is 17.5 Å². The minimum atomic E-state index is 0.570. The lowest BCUT2D eigenvalue weighted by molar-refractivity contribution is 0.185. The maximum Gasteiger partial charge on any atom is 0.148 e. The monoisotopic (exact) mass is 227 g/mol. The molecule has 1 aliphatic rings. The van der Waals surface area contributed by atoms with E-state index in [0.717, 1.165) is 26.2 Å². The van der Waals surface area contributed by atoms with Crippen LogP contribution in [0.25, 0.3) is 0 Å². The lowest BCUT2D eigenvalue weighted by atomic mass is 10.1. The molecule has 82 valence electrons. The van der Waals surface area contributed by atoms with E-state index in [2.05, 4.69) is 15.3 Å². The maximum absolute atomic E-state index is 5.91. The summed E-state index contributed by atoms with van der Waals surface area (Å²) in [4.78, 5) is 7.88. The van der Waals surface area contributed by atoms with Crippen LogP contribution in [0.15, 0.2) is 12.5 Å². The van der Waals surface area contributed by atoms with Gasteiger partial charge in [0.25, 0.3) is 0 Å². The summed E-state index contributed by atoms with van der Waals surface area (Å²) < 4.78 is 5.30. The van der Waals surface area contributed by atoms with Crippen LogP contribution in [0.4, 0.5) is 5.82 Å². The Labute approximate surface area is 94.0 Å². The molecule has 0 amide bonds. The van der Waals surface area contributed by atoms with E-state index >= 15 is 0 Å². The molecule has 1 unspecified atom stereocenters. The molecule has 1 fully saturated rings. The molecule has 0 aliphatic carbocycles. The molecule has 1 saturated heterocycles. The standard InChI is InChI=1S/C10H14ClN3O/c11-9-5-12-7-14-10(9)13-3-1-8-2-4-15-6-8/h5,7-8H,1-4,6H2,(H,12,13,14). The topological polar surface area (TPSA) is 47.0 Å². The molecule has 1 atom stereocenters. The average Bonchev–Trinajstić information content (AvgIpc) is 2.74. The van der Waals surface area contributed by atoms with Crippen LogP contribution >= 0.6 is 11.6 Å². The number of nitrogens with zero attached hydrogens (tertiary/aromatic N) is 2. The number of hydrogen-bond donors (Lipinski definition) is 1. The van der Waals surface area contributed by atoms with Crippen molar-refractivity contribution in [1.29, 1.82) is 0 Å². The second kappa shape index (κ2) is 5.28. The van der Waals surface area contributed by atoms with Crippen LogP contribution in [0.2, 0.25) is 5.02 Å². The molecule has 4 nitrogen and oxygen atoms in total. The summed E-state index contributed by atoms with van der Waals surface area (Å²) >= 11 is 5.91. The van der Waals surface area contributed by atoms with Crippen molar-refractivity contribution in [3.63, 3.8) is 0 Å². The van der Waals surface area contributed by atoms with Crippen molar-refractivity contribution < 1.29 is 4.74 Å². The van der Waals surface area contributed by atoms with E-state index in [4.69, 9.17) is 16.3 Å². The highest BCUT2D eigenvalue weighted by Crippen LogP contribution is 2.18. The third-order valence-electron chi connectivity index (χ3n) is 2.54. The van der Waals surface area contributed by atoms with E-state index in [0.29, 0.717) is 16.8 Å². The van der Waals surface area contributed by atoms with Gasteiger partial charge in [-0.3, -0.25) is 0 Å². The van der Waals surface area contributed by atoms with E-state index in [1.165, 1.54) is 12.7 Å². The van der Waals surface area contributed by atoms with Crippen LogP contribution in [0.3, 0.4) is 0 Å². The van der Waals surface area contributed by atoms with Crippen LogP contribution in [0.1, 0.15) is 12.8 Å². The molecule has 1 aromatic rings. The Morgan fingerprint density at radius 3 is 3.27 bits per heavy atom. The van der Waals surface area contributed by atoms with Crippen molar-refractivity contribution in [1.82, 2.24) is 9.97 Å². The van der Waals surface area contributed by atoms with Crippen LogP contribution in [-0.4, -0.2) is 29.7 Å². The van der Waals surface area contributed by atoms with Gasteiger partial charge in [0.05, 0.1) is 6.20 Å². The number of halogens is 1. The highest BCUT2D eigenvalue weighted by Gasteiger charge is 2.14. The molecule has 2 rings (SSSR count). The Kier molecular flexibility index (Phi) is 3.75. The van der Waals surface area contributed by atoms with Crippen LogP contribution < -0.4 is 5.32 Å². The summed E-state index contributed by atoms with van der Waals surface area (Å²) in [5.74, 6) is 1.39. The highest BCUT2D eigenvalue weighted by atomic mass is 35.5. The van der Waals surface area contributed by atoms with Gasteiger partial charge in [0.15, 0.2) is 0 Å². The molecule has 0 spiro atoms. The molecule has 2 heterocycles. The fourth-order valence-corrected chi connectivity index (χ4v) is 1.82. The SMILES string of the molecule is Clc1cncnc1NCCC1CCOC1. The first-order valence-electron chi connectivity index (χ1n) is 5.13. The summed E-state index contributed by atoms with van der Waals surface area (Å²) in [6, 6.07) is 0. The van der Waals surface area contributed by atoms with E-state index in [-0.39, 0.29) is 0 Å². The second-order valence-corrected chi connectivity index (χ2v) is 4.07. The predicted molar refractivity (Wildman–Crippen MR) is 59.1 cm³/mol. The van der Waals surface area contributed by atoms with Gasteiger partial charge in [-0.2, -0.15) is 0 Å². The Morgan fingerprint density at radius 1 is 1.60 bits per heavy atom. The van der Waals surface area contributed by atoms with Crippen molar-refractivity contribution in [2.45, 2.75) is 12.8 Å². The number of rotatable bonds is 4. The van der Waals surface area contributed by atoms with Gasteiger partial charge in [0, 0.05) is 19.8 Å². The quantitative estimate of drug-likeness (QED) is 0.855. The fraction of sp³-hybridized carbons (Fsp3) is 0.600. The molecule has 0 saturated carbocycles. The molecule has 15 heavy (non-hydrogen) atoms. The largest absolute Gasteiger partial charge is 0.381 e. The van der Waals surface area contributed by atoms with Gasteiger partial charge in [-0.15, -0.1) is 0 Å². The smallest absolute Gasteiger partial charge is 0.148 e. The Hall–Kier alpha value is -0.870. The molecule has 1 aliphatic heterocycles. The Bertz CT molecular complexity index is 315. The molecule has 5 heteroatoms. The fourth-order valence-electron chi connectivity index (χ4n) is 1.65. The summed E-state index contributed by atoms with van der Waals surface area (Å²) in [5, 5.41) is 3.77. The van der Waals surface area contributed by atoms with Crippen molar-refractivity contribution in [2.75, 3.05) is 25.1 Å². The van der Waals surface area contributed by atoms with Crippen molar-refractivity contribution in [2.24, 2.45) is 5.92 Å². The summed E-state index contributed by atoms with van der Waals surface area (Å²) in [6.45, 7) is 2.67. The first-order valence-corrected chi connectivity index (χ1v) is 5.51. The molecule has 1 N–H and O–H groups in total. The lowest BCUT2D eigenvalue weighted by Gasteiger charge is -2.09. The Morgan fingerprint density at radius 2 is 2.53 bits per heavy atom. The molecular formula is C10H14ClN3O. The minimum Gasteiger partial charge on any atom is -0.381 e. The summed E-state index contributed by atoms with van der Waals surface area (Å²) in [6.07, 6.45) is 5.35. The Balaban J connectivity index is 1.75. The lowest BCUT2D eigenvalue weighted by Crippen LogP contribution is -2.10. The number of aromatic nitrogens is 2. The number of nitrogens with one attached hydrogen (secondary N) is 1. The van der Waals surface area contributed by atoms with Crippen LogP contribution in [0.5, 0.6) is 0 Å². The van der Waals surface area contributed by atoms with Crippen LogP contribution in [-0.2, 0) is 4.74 Å². The summed E-state index contributed by atoms with van der Waals surface area (Å²) in [5.41, 5.74) is 0. The molecule has 1 aromatic heterocycles. The average molecular weight is 228 g/mol. The van der Waals surface area contributed by atoms with Gasteiger partial charge in [-0.1, -0.05) is 11.6 Å².